The summed E-state index contributed by atoms with van der Waals surface area (Å²) in [6, 6.07) is 7.33. The van der Waals surface area contributed by atoms with Crippen molar-refractivity contribution in [2.75, 3.05) is 5.32 Å². The van der Waals surface area contributed by atoms with E-state index in [1.807, 2.05) is 23.7 Å². The lowest BCUT2D eigenvalue weighted by Gasteiger charge is -2.22. The Labute approximate surface area is 157 Å². The van der Waals surface area contributed by atoms with Gasteiger partial charge in [-0.15, -0.1) is 0 Å². The number of rotatable bonds is 4. The van der Waals surface area contributed by atoms with Crippen LogP contribution in [0.3, 0.4) is 0 Å². The maximum atomic E-state index is 12.1. The molecule has 0 radical (unpaired) electrons. The smallest absolute Gasteiger partial charge is 0.320 e. The first kappa shape index (κ1) is 18.1. The van der Waals surface area contributed by atoms with Gasteiger partial charge in [0.05, 0.1) is 6.54 Å². The van der Waals surface area contributed by atoms with E-state index in [0.717, 1.165) is 24.1 Å². The summed E-state index contributed by atoms with van der Waals surface area (Å²) in [5.74, 6) is 0.538. The zero-order valence-electron chi connectivity index (χ0n) is 14.2. The standard InChI is InChI=1S/C18H22Cl2N4O/c1-12-9-17(22-18(25)21-15-5-3-2-4-6-15)23-24(12)11-13-7-8-14(19)10-16(13)20/h7-10,15H,2-6,11H2,1H3,(H2,21,22,23,25). The Hall–Kier alpha value is -1.72. The highest BCUT2D eigenvalue weighted by Crippen LogP contribution is 2.23. The van der Waals surface area contributed by atoms with Crippen LogP contribution in [-0.2, 0) is 6.54 Å². The molecule has 0 spiro atoms. The first-order chi connectivity index (χ1) is 12.0. The van der Waals surface area contributed by atoms with Gasteiger partial charge in [-0.1, -0.05) is 48.5 Å². The van der Waals surface area contributed by atoms with Gasteiger partial charge in [0.2, 0.25) is 0 Å². The molecule has 0 saturated heterocycles. The number of nitrogens with one attached hydrogen (secondary N) is 2. The number of aromatic nitrogens is 2. The lowest BCUT2D eigenvalue weighted by molar-refractivity contribution is 0.244. The molecule has 0 aliphatic heterocycles. The van der Waals surface area contributed by atoms with Crippen molar-refractivity contribution < 1.29 is 4.79 Å². The number of halogens is 2. The molecule has 2 N–H and O–H groups in total. The highest BCUT2D eigenvalue weighted by atomic mass is 35.5. The Morgan fingerprint density at radius 3 is 2.72 bits per heavy atom. The zero-order chi connectivity index (χ0) is 17.8. The summed E-state index contributed by atoms with van der Waals surface area (Å²) in [5, 5.41) is 11.5. The summed E-state index contributed by atoms with van der Waals surface area (Å²) < 4.78 is 1.81. The predicted octanol–water partition coefficient (Wildman–Crippen LogP) is 5.00. The molecule has 1 saturated carbocycles. The van der Waals surface area contributed by atoms with Crippen LogP contribution in [0.1, 0.15) is 43.4 Å². The lowest BCUT2D eigenvalue weighted by atomic mass is 9.96. The van der Waals surface area contributed by atoms with E-state index in [9.17, 15) is 4.79 Å². The van der Waals surface area contributed by atoms with Crippen LogP contribution in [-0.4, -0.2) is 21.9 Å². The van der Waals surface area contributed by atoms with Crippen molar-refractivity contribution >= 4 is 35.1 Å². The first-order valence-corrected chi connectivity index (χ1v) is 9.33. The maximum absolute atomic E-state index is 12.1. The van der Waals surface area contributed by atoms with Crippen LogP contribution in [0.4, 0.5) is 10.6 Å². The number of carbonyl (C=O) groups excluding carboxylic acids is 1. The van der Waals surface area contributed by atoms with Crippen molar-refractivity contribution in [3.63, 3.8) is 0 Å². The van der Waals surface area contributed by atoms with Crippen LogP contribution in [0.25, 0.3) is 0 Å². The number of anilines is 1. The van der Waals surface area contributed by atoms with Gasteiger partial charge < -0.3 is 5.32 Å². The average Bonchev–Trinajstić information content (AvgIpc) is 2.90. The molecule has 3 rings (SSSR count). The Morgan fingerprint density at radius 1 is 1.24 bits per heavy atom. The molecule has 1 fully saturated rings. The highest BCUT2D eigenvalue weighted by molar-refractivity contribution is 6.35. The Kier molecular flexibility index (Phi) is 5.86. The van der Waals surface area contributed by atoms with E-state index >= 15 is 0 Å². The summed E-state index contributed by atoms with van der Waals surface area (Å²) in [6.45, 7) is 2.47. The molecule has 1 aliphatic carbocycles. The molecule has 134 valence electrons. The van der Waals surface area contributed by atoms with Gasteiger partial charge in [-0.3, -0.25) is 10.00 Å². The minimum Gasteiger partial charge on any atom is -0.335 e. The Bertz CT molecular complexity index is 754. The molecular formula is C18H22Cl2N4O. The van der Waals surface area contributed by atoms with E-state index in [2.05, 4.69) is 15.7 Å². The van der Waals surface area contributed by atoms with Gasteiger partial charge >= 0.3 is 6.03 Å². The van der Waals surface area contributed by atoms with Crippen molar-refractivity contribution in [1.82, 2.24) is 15.1 Å². The summed E-state index contributed by atoms with van der Waals surface area (Å²) in [5.41, 5.74) is 1.87. The Morgan fingerprint density at radius 2 is 2.00 bits per heavy atom. The lowest BCUT2D eigenvalue weighted by Crippen LogP contribution is -2.39. The number of hydrogen-bond donors (Lipinski definition) is 2. The quantitative estimate of drug-likeness (QED) is 0.783. The second-order valence-electron chi connectivity index (χ2n) is 6.50. The predicted molar refractivity (Wildman–Crippen MR) is 102 cm³/mol. The fourth-order valence-electron chi connectivity index (χ4n) is 3.13. The molecule has 5 nitrogen and oxygen atoms in total. The number of nitrogens with zero attached hydrogens (tertiary/aromatic N) is 2. The molecule has 0 bridgehead atoms. The number of benzene rings is 1. The summed E-state index contributed by atoms with van der Waals surface area (Å²) >= 11 is 12.2. The van der Waals surface area contributed by atoms with E-state index in [1.165, 1.54) is 19.3 Å². The van der Waals surface area contributed by atoms with Gasteiger partial charge in [-0.05, 0) is 37.5 Å². The highest BCUT2D eigenvalue weighted by Gasteiger charge is 2.16. The number of hydrogen-bond acceptors (Lipinski definition) is 2. The topological polar surface area (TPSA) is 59.0 Å². The van der Waals surface area contributed by atoms with E-state index in [1.54, 1.807) is 12.1 Å². The average molecular weight is 381 g/mol. The number of carbonyl (C=O) groups is 1. The monoisotopic (exact) mass is 380 g/mol. The molecule has 1 aromatic heterocycles. The zero-order valence-corrected chi connectivity index (χ0v) is 15.7. The molecule has 2 aromatic rings. The second-order valence-corrected chi connectivity index (χ2v) is 7.34. The molecule has 1 aromatic carbocycles. The largest absolute Gasteiger partial charge is 0.335 e. The number of urea groups is 1. The van der Waals surface area contributed by atoms with Gasteiger partial charge in [0.25, 0.3) is 0 Å². The van der Waals surface area contributed by atoms with Crippen LogP contribution in [0.5, 0.6) is 0 Å². The van der Waals surface area contributed by atoms with Crippen molar-refractivity contribution in [2.24, 2.45) is 0 Å². The number of aryl methyl sites for hydroxylation is 1. The third kappa shape index (κ3) is 4.89. The summed E-state index contributed by atoms with van der Waals surface area (Å²) in [6.07, 6.45) is 5.73. The second kappa shape index (κ2) is 8.11. The maximum Gasteiger partial charge on any atom is 0.320 e. The molecule has 0 unspecified atom stereocenters. The van der Waals surface area contributed by atoms with Crippen molar-refractivity contribution in [3.8, 4) is 0 Å². The Balaban J connectivity index is 1.62. The molecule has 7 heteroatoms. The van der Waals surface area contributed by atoms with Crippen LogP contribution in [0.2, 0.25) is 10.0 Å². The fraction of sp³-hybridized carbons (Fsp3) is 0.444. The van der Waals surface area contributed by atoms with Gasteiger partial charge in [0.15, 0.2) is 5.82 Å². The van der Waals surface area contributed by atoms with E-state index in [0.29, 0.717) is 22.4 Å². The third-order valence-electron chi connectivity index (χ3n) is 4.50. The van der Waals surface area contributed by atoms with E-state index < -0.39 is 0 Å². The summed E-state index contributed by atoms with van der Waals surface area (Å²) in [4.78, 5) is 12.1. The van der Waals surface area contributed by atoms with E-state index in [4.69, 9.17) is 23.2 Å². The van der Waals surface area contributed by atoms with Crippen molar-refractivity contribution in [2.45, 2.75) is 51.6 Å². The molecule has 2 amide bonds. The minimum atomic E-state index is -0.193. The van der Waals surface area contributed by atoms with Gasteiger partial charge in [0.1, 0.15) is 0 Å². The minimum absolute atomic E-state index is 0.193. The number of amides is 2. The molecular weight excluding hydrogens is 359 g/mol. The van der Waals surface area contributed by atoms with E-state index in [-0.39, 0.29) is 12.1 Å². The van der Waals surface area contributed by atoms with Crippen LogP contribution in [0, 0.1) is 6.92 Å². The van der Waals surface area contributed by atoms with Crippen LogP contribution >= 0.6 is 23.2 Å². The third-order valence-corrected chi connectivity index (χ3v) is 5.09. The van der Waals surface area contributed by atoms with Gasteiger partial charge in [-0.2, -0.15) is 5.10 Å². The van der Waals surface area contributed by atoms with Gasteiger partial charge in [0, 0.05) is 27.8 Å². The van der Waals surface area contributed by atoms with Crippen molar-refractivity contribution in [3.05, 3.63) is 45.6 Å². The van der Waals surface area contributed by atoms with Gasteiger partial charge in [-0.25, -0.2) is 4.79 Å². The summed E-state index contributed by atoms with van der Waals surface area (Å²) in [7, 11) is 0. The fourth-order valence-corrected chi connectivity index (χ4v) is 3.60. The molecule has 25 heavy (non-hydrogen) atoms. The van der Waals surface area contributed by atoms with Crippen molar-refractivity contribution in [1.29, 1.82) is 0 Å². The normalized spacial score (nSPS) is 15.2. The van der Waals surface area contributed by atoms with Crippen LogP contribution in [0.15, 0.2) is 24.3 Å². The molecule has 0 atom stereocenters. The molecule has 1 heterocycles. The first-order valence-electron chi connectivity index (χ1n) is 8.57. The van der Waals surface area contributed by atoms with Crippen LogP contribution < -0.4 is 10.6 Å². The molecule has 1 aliphatic rings. The SMILES string of the molecule is Cc1cc(NC(=O)NC2CCCCC2)nn1Cc1ccc(Cl)cc1Cl.